The van der Waals surface area contributed by atoms with Gasteiger partial charge in [0.05, 0.1) is 24.0 Å². The molecule has 1 aromatic heterocycles. The van der Waals surface area contributed by atoms with E-state index in [2.05, 4.69) is 15.7 Å². The number of rotatable bonds is 7. The van der Waals surface area contributed by atoms with Crippen LogP contribution in [0.25, 0.3) is 5.69 Å². The summed E-state index contributed by atoms with van der Waals surface area (Å²) < 4.78 is 1.70. The van der Waals surface area contributed by atoms with E-state index in [1.807, 2.05) is 65.0 Å². The van der Waals surface area contributed by atoms with Gasteiger partial charge in [0.15, 0.2) is 0 Å². The Morgan fingerprint density at radius 2 is 1.75 bits per heavy atom. The molecule has 0 spiro atoms. The summed E-state index contributed by atoms with van der Waals surface area (Å²) in [4.78, 5) is 24.2. The number of nitrogens with zero attached hydrogens (tertiary/aromatic N) is 2. The van der Waals surface area contributed by atoms with Crippen molar-refractivity contribution in [2.45, 2.75) is 46.6 Å². The maximum Gasteiger partial charge on any atom is 0.244 e. The Bertz CT molecular complexity index is 799. The summed E-state index contributed by atoms with van der Waals surface area (Å²) in [6.07, 6.45) is 0. The van der Waals surface area contributed by atoms with E-state index in [9.17, 15) is 9.59 Å². The van der Waals surface area contributed by atoms with E-state index in [0.29, 0.717) is 5.82 Å². The molecule has 2 rings (SSSR count). The molecule has 0 aliphatic carbocycles. The zero-order valence-electron chi connectivity index (χ0n) is 17.0. The first kappa shape index (κ1) is 23.7. The molecule has 0 saturated heterocycles. The van der Waals surface area contributed by atoms with Crippen molar-refractivity contribution in [1.82, 2.24) is 15.1 Å². The number of amides is 2. The zero-order valence-corrected chi connectivity index (χ0v) is 17.8. The maximum atomic E-state index is 12.3. The number of carbonyl (C=O) groups excluding carboxylic acids is 2. The van der Waals surface area contributed by atoms with Gasteiger partial charge in [-0.05, 0) is 30.9 Å². The highest BCUT2D eigenvalue weighted by Gasteiger charge is 2.19. The fourth-order valence-electron chi connectivity index (χ4n) is 2.43. The highest BCUT2D eigenvalue weighted by molar-refractivity contribution is 5.95. The van der Waals surface area contributed by atoms with Crippen LogP contribution in [-0.2, 0) is 9.59 Å². The number of aryl methyl sites for hydroxylation is 1. The highest BCUT2D eigenvalue weighted by Crippen LogP contribution is 2.22. The molecule has 2 amide bonds. The molecule has 1 heterocycles. The van der Waals surface area contributed by atoms with Crippen LogP contribution in [0.4, 0.5) is 5.82 Å². The fraction of sp³-hybridized carbons (Fsp3) is 0.450. The standard InChI is InChI=1S/C20H29N5O2.ClH/c1-12(2)16-10-17(25(24-16)15-8-6-14(5)7-9-15)23-18(26)11-22-20(27)19(21)13(3)4;/h6-10,12-13,19H,11,21H2,1-5H3,(H,22,27)(H,23,26);1H/t19-;/m0./s1. The molecule has 154 valence electrons. The molecule has 28 heavy (non-hydrogen) atoms. The summed E-state index contributed by atoms with van der Waals surface area (Å²) in [7, 11) is 0. The molecule has 1 atom stereocenters. The molecule has 0 aliphatic rings. The van der Waals surface area contributed by atoms with E-state index in [1.54, 1.807) is 4.68 Å². The lowest BCUT2D eigenvalue weighted by atomic mass is 10.1. The summed E-state index contributed by atoms with van der Waals surface area (Å²) in [5.41, 5.74) is 8.66. The average molecular weight is 408 g/mol. The first-order valence-corrected chi connectivity index (χ1v) is 9.19. The second-order valence-corrected chi connectivity index (χ2v) is 7.39. The topological polar surface area (TPSA) is 102 Å². The minimum Gasteiger partial charge on any atom is -0.346 e. The van der Waals surface area contributed by atoms with Crippen LogP contribution < -0.4 is 16.4 Å². The number of aromatic nitrogens is 2. The van der Waals surface area contributed by atoms with Crippen LogP contribution in [0.2, 0.25) is 0 Å². The second-order valence-electron chi connectivity index (χ2n) is 7.39. The molecule has 4 N–H and O–H groups in total. The Balaban J connectivity index is 0.00000392. The number of nitrogens with one attached hydrogen (secondary N) is 2. The first-order chi connectivity index (χ1) is 12.7. The minimum absolute atomic E-state index is 0. The third kappa shape index (κ3) is 6.07. The van der Waals surface area contributed by atoms with E-state index < -0.39 is 6.04 Å². The number of hydrogen-bond donors (Lipinski definition) is 3. The number of halogens is 1. The molecule has 8 heteroatoms. The van der Waals surface area contributed by atoms with Gasteiger partial charge in [-0.15, -0.1) is 12.4 Å². The summed E-state index contributed by atoms with van der Waals surface area (Å²) >= 11 is 0. The van der Waals surface area contributed by atoms with Gasteiger partial charge in [-0.25, -0.2) is 4.68 Å². The van der Waals surface area contributed by atoms with Gasteiger partial charge in [-0.3, -0.25) is 9.59 Å². The smallest absolute Gasteiger partial charge is 0.244 e. The van der Waals surface area contributed by atoms with Crippen LogP contribution in [0.15, 0.2) is 30.3 Å². The Labute approximate surface area is 172 Å². The summed E-state index contributed by atoms with van der Waals surface area (Å²) in [6, 6.07) is 9.10. The molecular weight excluding hydrogens is 378 g/mol. The third-order valence-electron chi connectivity index (χ3n) is 4.31. The molecule has 7 nitrogen and oxygen atoms in total. The lowest BCUT2D eigenvalue weighted by molar-refractivity contribution is -0.125. The van der Waals surface area contributed by atoms with Crippen LogP contribution in [0.3, 0.4) is 0 Å². The van der Waals surface area contributed by atoms with Crippen molar-refractivity contribution in [3.05, 3.63) is 41.6 Å². The Kier molecular flexibility index (Phi) is 8.65. The lowest BCUT2D eigenvalue weighted by Crippen LogP contribution is -2.46. The number of hydrogen-bond acceptors (Lipinski definition) is 4. The molecule has 0 radical (unpaired) electrons. The van der Waals surface area contributed by atoms with Crippen LogP contribution in [0, 0.1) is 12.8 Å². The molecule has 1 aromatic carbocycles. The third-order valence-corrected chi connectivity index (χ3v) is 4.31. The monoisotopic (exact) mass is 407 g/mol. The normalized spacial score (nSPS) is 11.9. The van der Waals surface area contributed by atoms with Gasteiger partial charge in [0, 0.05) is 6.07 Å². The summed E-state index contributed by atoms with van der Waals surface area (Å²) in [6.45, 7) is 9.67. The predicted molar refractivity (Wildman–Crippen MR) is 114 cm³/mol. The molecule has 0 unspecified atom stereocenters. The molecule has 0 aliphatic heterocycles. The molecule has 0 bridgehead atoms. The van der Waals surface area contributed by atoms with E-state index in [-0.39, 0.29) is 42.6 Å². The maximum absolute atomic E-state index is 12.3. The zero-order chi connectivity index (χ0) is 20.1. The quantitative estimate of drug-likeness (QED) is 0.656. The number of carbonyl (C=O) groups is 2. The van der Waals surface area contributed by atoms with Gasteiger partial charge in [0.1, 0.15) is 5.82 Å². The Morgan fingerprint density at radius 3 is 2.29 bits per heavy atom. The predicted octanol–water partition coefficient (Wildman–Crippen LogP) is 2.76. The van der Waals surface area contributed by atoms with Gasteiger partial charge in [-0.2, -0.15) is 5.10 Å². The van der Waals surface area contributed by atoms with Crippen LogP contribution in [0.1, 0.15) is 44.9 Å². The summed E-state index contributed by atoms with van der Waals surface area (Å²) in [5, 5.41) is 10.0. The first-order valence-electron chi connectivity index (χ1n) is 9.19. The van der Waals surface area contributed by atoms with Crippen LogP contribution in [0.5, 0.6) is 0 Å². The minimum atomic E-state index is -0.636. The number of benzene rings is 1. The number of anilines is 1. The largest absolute Gasteiger partial charge is 0.346 e. The van der Waals surface area contributed by atoms with Crippen molar-refractivity contribution in [3.63, 3.8) is 0 Å². The van der Waals surface area contributed by atoms with Crippen molar-refractivity contribution >= 4 is 30.0 Å². The van der Waals surface area contributed by atoms with Crippen molar-refractivity contribution in [3.8, 4) is 5.69 Å². The molecule has 0 fully saturated rings. The van der Waals surface area contributed by atoms with Crippen molar-refractivity contribution in [2.75, 3.05) is 11.9 Å². The van der Waals surface area contributed by atoms with Crippen LogP contribution >= 0.6 is 12.4 Å². The Hall–Kier alpha value is -2.38. The second kappa shape index (κ2) is 10.2. The average Bonchev–Trinajstić information content (AvgIpc) is 3.03. The SMILES string of the molecule is Cc1ccc(-n2nc(C(C)C)cc2NC(=O)CNC(=O)[C@@H](N)C(C)C)cc1.Cl. The molecule has 2 aromatic rings. The van der Waals surface area contributed by atoms with Gasteiger partial charge in [-0.1, -0.05) is 45.4 Å². The number of nitrogens with two attached hydrogens (primary N) is 1. The molecule has 0 saturated carbocycles. The van der Waals surface area contributed by atoms with E-state index in [4.69, 9.17) is 5.73 Å². The van der Waals surface area contributed by atoms with Crippen LogP contribution in [-0.4, -0.2) is 34.2 Å². The highest BCUT2D eigenvalue weighted by atomic mass is 35.5. The van der Waals surface area contributed by atoms with Gasteiger partial charge in [0.25, 0.3) is 0 Å². The van der Waals surface area contributed by atoms with Gasteiger partial charge in [0.2, 0.25) is 11.8 Å². The van der Waals surface area contributed by atoms with Gasteiger partial charge < -0.3 is 16.4 Å². The fourth-order valence-corrected chi connectivity index (χ4v) is 2.43. The van der Waals surface area contributed by atoms with Gasteiger partial charge >= 0.3 is 0 Å². The van der Waals surface area contributed by atoms with Crippen molar-refractivity contribution in [1.29, 1.82) is 0 Å². The van der Waals surface area contributed by atoms with Crippen molar-refractivity contribution in [2.24, 2.45) is 11.7 Å². The van der Waals surface area contributed by atoms with E-state index >= 15 is 0 Å². The van der Waals surface area contributed by atoms with Crippen molar-refractivity contribution < 1.29 is 9.59 Å². The van der Waals surface area contributed by atoms with E-state index in [0.717, 1.165) is 16.9 Å². The summed E-state index contributed by atoms with van der Waals surface area (Å²) in [5.74, 6) is 0.119. The lowest BCUT2D eigenvalue weighted by Gasteiger charge is -2.15. The van der Waals surface area contributed by atoms with E-state index in [1.165, 1.54) is 0 Å². The molecular formula is C20H30ClN5O2. The Morgan fingerprint density at radius 1 is 1.14 bits per heavy atom.